The van der Waals surface area contributed by atoms with Gasteiger partial charge in [0.05, 0.1) is 5.92 Å². The number of guanidine groups is 1. The molecule has 0 saturated heterocycles. The molecule has 26 heavy (non-hydrogen) atoms. The Hall–Kier alpha value is -1.47. The van der Waals surface area contributed by atoms with Crippen molar-refractivity contribution >= 4 is 11.9 Å². The minimum Gasteiger partial charge on any atom is -0.462 e. The average molecular weight is 377 g/mol. The second kappa shape index (κ2) is 10.0. The highest BCUT2D eigenvalue weighted by molar-refractivity contribution is 5.80. The highest BCUT2D eigenvalue weighted by Gasteiger charge is 2.42. The number of carbonyl (C=O) groups excluding carboxylic acids is 1. The van der Waals surface area contributed by atoms with Gasteiger partial charge in [-0.25, -0.2) is 0 Å². The molecule has 0 radical (unpaired) electrons. The van der Waals surface area contributed by atoms with Gasteiger partial charge in [-0.05, 0) is 51.4 Å². The zero-order valence-electron chi connectivity index (χ0n) is 15.4. The fourth-order valence-electron chi connectivity index (χ4n) is 3.70. The monoisotopic (exact) mass is 377 g/mol. The zero-order valence-corrected chi connectivity index (χ0v) is 15.4. The summed E-state index contributed by atoms with van der Waals surface area (Å²) >= 11 is 0. The number of hydrogen-bond donors (Lipinski definition) is 2. The molecule has 2 saturated carbocycles. The molecule has 0 heterocycles. The number of esters is 1. The van der Waals surface area contributed by atoms with Crippen LogP contribution in [0.15, 0.2) is 4.99 Å². The van der Waals surface area contributed by atoms with E-state index in [-0.39, 0.29) is 31.0 Å². The van der Waals surface area contributed by atoms with Crippen LogP contribution in [0.5, 0.6) is 0 Å². The Bertz CT molecular complexity index is 477. The smallest absolute Gasteiger partial charge is 0.391 e. The first-order valence-electron chi connectivity index (χ1n) is 9.62. The largest absolute Gasteiger partial charge is 0.462 e. The molecule has 0 amide bonds. The van der Waals surface area contributed by atoms with Crippen molar-refractivity contribution in [2.45, 2.75) is 82.5 Å². The minimum atomic E-state index is -4.13. The summed E-state index contributed by atoms with van der Waals surface area (Å²) in [6, 6.07) is -0.228. The van der Waals surface area contributed by atoms with E-state index in [9.17, 15) is 18.0 Å². The van der Waals surface area contributed by atoms with Crippen LogP contribution in [0.3, 0.4) is 0 Å². The zero-order chi connectivity index (χ0) is 19.0. The minimum absolute atomic E-state index is 0.0813. The number of rotatable bonds is 6. The maximum Gasteiger partial charge on any atom is 0.391 e. The van der Waals surface area contributed by atoms with Gasteiger partial charge < -0.3 is 15.4 Å². The third-order valence-corrected chi connectivity index (χ3v) is 5.15. The van der Waals surface area contributed by atoms with Gasteiger partial charge in [0.1, 0.15) is 6.10 Å². The predicted molar refractivity (Wildman–Crippen MR) is 93.9 cm³/mol. The molecule has 8 heteroatoms. The SMILES string of the molecule is CN=C(NCCCC(=O)OC1CCCC1)NC1CCCC(C(F)(F)F)C1. The predicted octanol–water partition coefficient (Wildman–Crippen LogP) is 3.54. The Morgan fingerprint density at radius 1 is 1.15 bits per heavy atom. The third-order valence-electron chi connectivity index (χ3n) is 5.15. The van der Waals surface area contributed by atoms with Crippen LogP contribution in [0.25, 0.3) is 0 Å². The van der Waals surface area contributed by atoms with E-state index < -0.39 is 12.1 Å². The van der Waals surface area contributed by atoms with Crippen molar-refractivity contribution in [3.63, 3.8) is 0 Å². The molecule has 2 N–H and O–H groups in total. The summed E-state index contributed by atoms with van der Waals surface area (Å²) < 4.78 is 44.0. The Morgan fingerprint density at radius 3 is 2.54 bits per heavy atom. The lowest BCUT2D eigenvalue weighted by Crippen LogP contribution is -2.47. The highest BCUT2D eigenvalue weighted by atomic mass is 19.4. The van der Waals surface area contributed by atoms with Crippen LogP contribution in [0.2, 0.25) is 0 Å². The van der Waals surface area contributed by atoms with Gasteiger partial charge in [-0.15, -0.1) is 0 Å². The number of hydrogen-bond acceptors (Lipinski definition) is 3. The van der Waals surface area contributed by atoms with Crippen LogP contribution in [-0.4, -0.2) is 43.8 Å². The van der Waals surface area contributed by atoms with Crippen molar-refractivity contribution in [2.24, 2.45) is 10.9 Å². The van der Waals surface area contributed by atoms with Crippen molar-refractivity contribution < 1.29 is 22.7 Å². The maximum atomic E-state index is 12.9. The number of aliphatic imine (C=N–C) groups is 1. The molecular weight excluding hydrogens is 347 g/mol. The van der Waals surface area contributed by atoms with Crippen LogP contribution in [0.1, 0.15) is 64.2 Å². The van der Waals surface area contributed by atoms with Gasteiger partial charge in [0.2, 0.25) is 0 Å². The molecule has 2 atom stereocenters. The van der Waals surface area contributed by atoms with E-state index in [4.69, 9.17) is 4.74 Å². The summed E-state index contributed by atoms with van der Waals surface area (Å²) in [4.78, 5) is 15.8. The molecule has 0 aromatic heterocycles. The fourth-order valence-corrected chi connectivity index (χ4v) is 3.70. The molecule has 2 rings (SSSR count). The Kier molecular flexibility index (Phi) is 8.03. The summed E-state index contributed by atoms with van der Waals surface area (Å²) in [5.41, 5.74) is 0. The number of nitrogens with zero attached hydrogens (tertiary/aromatic N) is 1. The second-order valence-corrected chi connectivity index (χ2v) is 7.25. The molecule has 0 aromatic carbocycles. The van der Waals surface area contributed by atoms with E-state index in [1.807, 2.05) is 0 Å². The van der Waals surface area contributed by atoms with E-state index in [0.717, 1.165) is 25.7 Å². The summed E-state index contributed by atoms with van der Waals surface area (Å²) in [5, 5.41) is 6.15. The second-order valence-electron chi connectivity index (χ2n) is 7.25. The standard InChI is InChI=1S/C18H30F3N3O2/c1-22-17(24-14-7-4-6-13(12-14)18(19,20)21)23-11-5-10-16(25)26-15-8-2-3-9-15/h13-15H,2-12H2,1H3,(H2,22,23,24). The van der Waals surface area contributed by atoms with E-state index in [2.05, 4.69) is 15.6 Å². The number of alkyl halides is 3. The van der Waals surface area contributed by atoms with Crippen LogP contribution < -0.4 is 10.6 Å². The van der Waals surface area contributed by atoms with Crippen LogP contribution in [0, 0.1) is 5.92 Å². The Labute approximate surface area is 153 Å². The van der Waals surface area contributed by atoms with Crippen molar-refractivity contribution in [1.29, 1.82) is 0 Å². The van der Waals surface area contributed by atoms with Crippen molar-refractivity contribution in [1.82, 2.24) is 10.6 Å². The van der Waals surface area contributed by atoms with Crippen LogP contribution in [-0.2, 0) is 9.53 Å². The molecule has 0 spiro atoms. The molecule has 2 unspecified atom stereocenters. The Balaban J connectivity index is 1.63. The first-order valence-corrected chi connectivity index (χ1v) is 9.62. The van der Waals surface area contributed by atoms with E-state index in [0.29, 0.717) is 38.2 Å². The lowest BCUT2D eigenvalue weighted by molar-refractivity contribution is -0.183. The normalized spacial score (nSPS) is 25.2. The summed E-state index contributed by atoms with van der Waals surface area (Å²) in [6.07, 6.45) is 2.61. The summed E-state index contributed by atoms with van der Waals surface area (Å²) in [6.45, 7) is 0.523. The van der Waals surface area contributed by atoms with Gasteiger partial charge in [-0.2, -0.15) is 13.2 Å². The number of carbonyl (C=O) groups is 1. The molecule has 5 nitrogen and oxygen atoms in total. The number of halogens is 3. The maximum absolute atomic E-state index is 12.9. The molecule has 2 fully saturated rings. The lowest BCUT2D eigenvalue weighted by Gasteiger charge is -2.31. The lowest BCUT2D eigenvalue weighted by atomic mass is 9.85. The van der Waals surface area contributed by atoms with Gasteiger partial charge in [-0.1, -0.05) is 6.42 Å². The number of ether oxygens (including phenoxy) is 1. The van der Waals surface area contributed by atoms with Crippen molar-refractivity contribution in [2.75, 3.05) is 13.6 Å². The fraction of sp³-hybridized carbons (Fsp3) is 0.889. The molecular formula is C18H30F3N3O2. The van der Waals surface area contributed by atoms with Gasteiger partial charge >= 0.3 is 12.1 Å². The third kappa shape index (κ3) is 7.03. The molecule has 150 valence electrons. The van der Waals surface area contributed by atoms with Crippen LogP contribution in [0.4, 0.5) is 13.2 Å². The topological polar surface area (TPSA) is 62.7 Å². The van der Waals surface area contributed by atoms with Gasteiger partial charge in [-0.3, -0.25) is 9.79 Å². The number of nitrogens with one attached hydrogen (secondary N) is 2. The average Bonchev–Trinajstić information content (AvgIpc) is 3.10. The first-order chi connectivity index (χ1) is 12.4. The molecule has 2 aliphatic carbocycles. The Morgan fingerprint density at radius 2 is 1.88 bits per heavy atom. The summed E-state index contributed by atoms with van der Waals surface area (Å²) in [7, 11) is 1.59. The molecule has 0 bridgehead atoms. The van der Waals surface area contributed by atoms with Gasteiger partial charge in [0.25, 0.3) is 0 Å². The van der Waals surface area contributed by atoms with Gasteiger partial charge in [0, 0.05) is 26.1 Å². The summed E-state index contributed by atoms with van der Waals surface area (Å²) in [5.74, 6) is -0.929. The van der Waals surface area contributed by atoms with Crippen molar-refractivity contribution in [3.05, 3.63) is 0 Å². The molecule has 2 aliphatic rings. The van der Waals surface area contributed by atoms with Crippen molar-refractivity contribution in [3.8, 4) is 0 Å². The van der Waals surface area contributed by atoms with Gasteiger partial charge in [0.15, 0.2) is 5.96 Å². The molecule has 0 aromatic rings. The quantitative estimate of drug-likeness (QED) is 0.322. The first kappa shape index (κ1) is 20.8. The highest BCUT2D eigenvalue weighted by Crippen LogP contribution is 2.37. The molecule has 0 aliphatic heterocycles. The van der Waals surface area contributed by atoms with Crippen LogP contribution >= 0.6 is 0 Å². The van der Waals surface area contributed by atoms with E-state index in [1.54, 1.807) is 7.05 Å². The van der Waals surface area contributed by atoms with E-state index in [1.165, 1.54) is 0 Å². The van der Waals surface area contributed by atoms with E-state index >= 15 is 0 Å².